The van der Waals surface area contributed by atoms with Crippen LogP contribution < -0.4 is 5.32 Å². The van der Waals surface area contributed by atoms with Crippen LogP contribution in [0.1, 0.15) is 53.9 Å². The van der Waals surface area contributed by atoms with Crippen molar-refractivity contribution in [2.45, 2.75) is 49.6 Å². The standard InChI is InChI=1S/C22H22ClN3O3S2/c1-2-31(28,29)19-7-13(5-6-24-19)20(27)25-16-11-22(12-16)9-14(10-22)21-26-17-8-15(23)3-4-18(17)30-21/h3-8,14,16H,2,9-12H2,1H3,(H,25,27). The van der Waals surface area contributed by atoms with Gasteiger partial charge in [0.05, 0.1) is 21.0 Å². The van der Waals surface area contributed by atoms with E-state index in [1.165, 1.54) is 22.0 Å². The molecule has 2 heterocycles. The Balaban J connectivity index is 1.17. The molecule has 9 heteroatoms. The van der Waals surface area contributed by atoms with E-state index < -0.39 is 9.84 Å². The molecule has 3 aromatic rings. The Kier molecular flexibility index (Phi) is 5.07. The fourth-order valence-electron chi connectivity index (χ4n) is 4.81. The van der Waals surface area contributed by atoms with Gasteiger partial charge in [-0.25, -0.2) is 18.4 Å². The number of amides is 1. The molecule has 2 saturated carbocycles. The third-order valence-corrected chi connectivity index (χ3v) is 9.52. The van der Waals surface area contributed by atoms with Crippen LogP contribution in [0.15, 0.2) is 41.6 Å². The smallest absolute Gasteiger partial charge is 0.251 e. The van der Waals surface area contributed by atoms with Crippen molar-refractivity contribution in [3.8, 4) is 0 Å². The van der Waals surface area contributed by atoms with Gasteiger partial charge in [0.2, 0.25) is 0 Å². The van der Waals surface area contributed by atoms with Crippen molar-refractivity contribution < 1.29 is 13.2 Å². The second kappa shape index (κ2) is 7.53. The average Bonchev–Trinajstić information content (AvgIpc) is 3.11. The van der Waals surface area contributed by atoms with E-state index in [1.54, 1.807) is 24.3 Å². The van der Waals surface area contributed by atoms with E-state index >= 15 is 0 Å². The van der Waals surface area contributed by atoms with Crippen LogP contribution in [0.2, 0.25) is 5.02 Å². The zero-order chi connectivity index (χ0) is 21.8. The number of aromatic nitrogens is 2. The van der Waals surface area contributed by atoms with Crippen LogP contribution >= 0.6 is 22.9 Å². The first-order chi connectivity index (χ1) is 14.8. The van der Waals surface area contributed by atoms with Crippen molar-refractivity contribution in [1.82, 2.24) is 15.3 Å². The van der Waals surface area contributed by atoms with Crippen molar-refractivity contribution >= 4 is 48.9 Å². The van der Waals surface area contributed by atoms with Gasteiger partial charge >= 0.3 is 0 Å². The monoisotopic (exact) mass is 475 g/mol. The highest BCUT2D eigenvalue weighted by molar-refractivity contribution is 7.91. The molecule has 0 radical (unpaired) electrons. The summed E-state index contributed by atoms with van der Waals surface area (Å²) < 4.78 is 25.2. The topological polar surface area (TPSA) is 89.0 Å². The summed E-state index contributed by atoms with van der Waals surface area (Å²) in [5.74, 6) is 0.197. The number of benzene rings is 1. The van der Waals surface area contributed by atoms with Crippen molar-refractivity contribution in [2.24, 2.45) is 5.41 Å². The molecule has 0 bridgehead atoms. The van der Waals surface area contributed by atoms with Crippen LogP contribution in [0.4, 0.5) is 0 Å². The molecule has 5 rings (SSSR count). The van der Waals surface area contributed by atoms with E-state index in [4.69, 9.17) is 16.6 Å². The number of hydrogen-bond donors (Lipinski definition) is 1. The Morgan fingerprint density at radius 2 is 2.00 bits per heavy atom. The fourth-order valence-corrected chi connectivity index (χ4v) is 6.85. The quantitative estimate of drug-likeness (QED) is 0.582. The first-order valence-corrected chi connectivity index (χ1v) is 13.2. The third kappa shape index (κ3) is 3.85. The van der Waals surface area contributed by atoms with Gasteiger partial charge in [-0.05, 0) is 61.4 Å². The molecular formula is C22H22ClN3O3S2. The molecule has 2 aliphatic rings. The van der Waals surface area contributed by atoms with E-state index in [9.17, 15) is 13.2 Å². The maximum absolute atomic E-state index is 12.6. The van der Waals surface area contributed by atoms with E-state index in [0.717, 1.165) is 31.2 Å². The van der Waals surface area contributed by atoms with Crippen LogP contribution in [0, 0.1) is 5.41 Å². The predicted molar refractivity (Wildman–Crippen MR) is 121 cm³/mol. The van der Waals surface area contributed by atoms with Crippen LogP contribution in [0.25, 0.3) is 10.2 Å². The molecule has 1 spiro atoms. The van der Waals surface area contributed by atoms with Crippen LogP contribution in [-0.4, -0.2) is 36.1 Å². The predicted octanol–water partition coefficient (Wildman–Crippen LogP) is 4.59. The maximum Gasteiger partial charge on any atom is 0.251 e. The normalized spacial score (nSPS) is 25.2. The molecule has 2 fully saturated rings. The van der Waals surface area contributed by atoms with Crippen molar-refractivity contribution in [3.05, 3.63) is 52.1 Å². The second-order valence-corrected chi connectivity index (χ2v) is 12.4. The Hall–Kier alpha value is -2.03. The van der Waals surface area contributed by atoms with Gasteiger partial charge in [-0.15, -0.1) is 11.3 Å². The Morgan fingerprint density at radius 1 is 1.23 bits per heavy atom. The van der Waals surface area contributed by atoms with Gasteiger partial charge in [0.25, 0.3) is 5.91 Å². The molecule has 0 aliphatic heterocycles. The first-order valence-electron chi connectivity index (χ1n) is 10.3. The zero-order valence-electron chi connectivity index (χ0n) is 17.0. The third-order valence-electron chi connectivity index (χ3n) is 6.46. The van der Waals surface area contributed by atoms with Gasteiger partial charge in [-0.3, -0.25) is 4.79 Å². The summed E-state index contributed by atoms with van der Waals surface area (Å²) in [7, 11) is -3.44. The number of thiazole rings is 1. The highest BCUT2D eigenvalue weighted by atomic mass is 35.5. The number of carbonyl (C=O) groups excluding carboxylic acids is 1. The summed E-state index contributed by atoms with van der Waals surface area (Å²) in [4.78, 5) is 21.3. The summed E-state index contributed by atoms with van der Waals surface area (Å²) in [5.41, 5.74) is 1.60. The highest BCUT2D eigenvalue weighted by Gasteiger charge is 2.54. The van der Waals surface area contributed by atoms with E-state index in [0.29, 0.717) is 21.9 Å². The summed E-state index contributed by atoms with van der Waals surface area (Å²) in [6.45, 7) is 1.56. The lowest BCUT2D eigenvalue weighted by Gasteiger charge is -2.57. The minimum atomic E-state index is -3.44. The van der Waals surface area contributed by atoms with Crippen LogP contribution in [-0.2, 0) is 9.84 Å². The number of carbonyl (C=O) groups is 1. The Bertz CT molecular complexity index is 1270. The summed E-state index contributed by atoms with van der Waals surface area (Å²) >= 11 is 7.81. The second-order valence-electron chi connectivity index (χ2n) is 8.63. The summed E-state index contributed by atoms with van der Waals surface area (Å²) in [6, 6.07) is 8.88. The minimum absolute atomic E-state index is 0.0426. The SMILES string of the molecule is CCS(=O)(=O)c1cc(C(=O)NC2CC3(C2)CC(c2nc4cc(Cl)ccc4s2)C3)ccn1. The number of sulfone groups is 1. The molecule has 162 valence electrons. The van der Waals surface area contributed by atoms with Gasteiger partial charge in [0, 0.05) is 28.7 Å². The van der Waals surface area contributed by atoms with E-state index in [2.05, 4.69) is 10.3 Å². The summed E-state index contributed by atoms with van der Waals surface area (Å²) in [5, 5.41) is 4.88. The lowest BCUT2D eigenvalue weighted by atomic mass is 9.50. The van der Waals surface area contributed by atoms with Crippen LogP contribution in [0.5, 0.6) is 0 Å². The van der Waals surface area contributed by atoms with Gasteiger partial charge in [-0.2, -0.15) is 0 Å². The number of nitrogens with zero attached hydrogens (tertiary/aromatic N) is 2. The molecule has 2 aromatic heterocycles. The molecule has 0 unspecified atom stereocenters. The number of hydrogen-bond acceptors (Lipinski definition) is 6. The molecule has 31 heavy (non-hydrogen) atoms. The number of pyridine rings is 1. The lowest BCUT2D eigenvalue weighted by Crippen LogP contribution is -2.55. The van der Waals surface area contributed by atoms with E-state index in [-0.39, 0.29) is 22.7 Å². The molecule has 1 aromatic carbocycles. The number of halogens is 1. The number of nitrogens with one attached hydrogen (secondary N) is 1. The average molecular weight is 476 g/mol. The minimum Gasteiger partial charge on any atom is -0.349 e. The molecule has 0 saturated heterocycles. The van der Waals surface area contributed by atoms with Crippen molar-refractivity contribution in [1.29, 1.82) is 0 Å². The number of rotatable bonds is 5. The van der Waals surface area contributed by atoms with E-state index in [1.807, 2.05) is 18.2 Å². The van der Waals surface area contributed by atoms with Crippen molar-refractivity contribution in [3.63, 3.8) is 0 Å². The van der Waals surface area contributed by atoms with Crippen molar-refractivity contribution in [2.75, 3.05) is 5.75 Å². The molecule has 6 nitrogen and oxygen atoms in total. The molecular weight excluding hydrogens is 454 g/mol. The fraction of sp³-hybridized carbons (Fsp3) is 0.409. The van der Waals surface area contributed by atoms with Gasteiger partial charge in [0.15, 0.2) is 14.9 Å². The Morgan fingerprint density at radius 3 is 2.74 bits per heavy atom. The maximum atomic E-state index is 12.6. The van der Waals surface area contributed by atoms with Gasteiger partial charge in [0.1, 0.15) is 0 Å². The largest absolute Gasteiger partial charge is 0.349 e. The first kappa shape index (κ1) is 20.8. The Labute approximate surface area is 190 Å². The highest BCUT2D eigenvalue weighted by Crippen LogP contribution is 2.62. The number of fused-ring (bicyclic) bond motifs is 1. The van der Waals surface area contributed by atoms with Gasteiger partial charge in [-0.1, -0.05) is 18.5 Å². The molecule has 1 N–H and O–H groups in total. The lowest BCUT2D eigenvalue weighted by molar-refractivity contribution is -0.0187. The molecule has 2 aliphatic carbocycles. The van der Waals surface area contributed by atoms with Gasteiger partial charge < -0.3 is 5.32 Å². The zero-order valence-corrected chi connectivity index (χ0v) is 19.4. The molecule has 0 atom stereocenters. The van der Waals surface area contributed by atoms with Crippen LogP contribution in [0.3, 0.4) is 0 Å². The summed E-state index contributed by atoms with van der Waals surface area (Å²) in [6.07, 6.45) is 5.48. The molecule has 1 amide bonds.